The molecule has 0 aliphatic rings. The third kappa shape index (κ3) is 4.02. The quantitative estimate of drug-likeness (QED) is 0.519. The van der Waals surface area contributed by atoms with Crippen LogP contribution in [0.1, 0.15) is 10.4 Å². The molecule has 6 heteroatoms. The van der Waals surface area contributed by atoms with Gasteiger partial charge in [0.1, 0.15) is 11.3 Å². The van der Waals surface area contributed by atoms with E-state index in [-0.39, 0.29) is 11.8 Å². The number of anilines is 1. The highest BCUT2D eigenvalue weighted by Gasteiger charge is 2.16. The molecule has 4 rings (SSSR count). The third-order valence-electron chi connectivity index (χ3n) is 3.77. The number of benzene rings is 2. The summed E-state index contributed by atoms with van der Waals surface area (Å²) < 4.78 is 5.75. The van der Waals surface area contributed by atoms with Crippen LogP contribution in [0.15, 0.2) is 84.4 Å². The van der Waals surface area contributed by atoms with Crippen LogP contribution in [0.3, 0.4) is 0 Å². The molecule has 0 saturated carbocycles. The average molecular weight is 373 g/mol. The van der Waals surface area contributed by atoms with Crippen LogP contribution in [-0.4, -0.2) is 15.9 Å². The molecule has 0 radical (unpaired) electrons. The fraction of sp³-hybridized carbons (Fsp3) is 0. The normalized spacial score (nSPS) is 10.4. The molecule has 5 nitrogen and oxygen atoms in total. The van der Waals surface area contributed by atoms with E-state index in [0.29, 0.717) is 16.4 Å². The van der Waals surface area contributed by atoms with Gasteiger partial charge in [-0.3, -0.25) is 10.1 Å². The van der Waals surface area contributed by atoms with Gasteiger partial charge in [-0.2, -0.15) is 0 Å². The van der Waals surface area contributed by atoms with Gasteiger partial charge in [0.15, 0.2) is 5.13 Å². The lowest BCUT2D eigenvalue weighted by Crippen LogP contribution is -2.13. The van der Waals surface area contributed by atoms with E-state index in [1.807, 2.05) is 66.0 Å². The van der Waals surface area contributed by atoms with Gasteiger partial charge in [0, 0.05) is 17.1 Å². The number of nitrogens with one attached hydrogen (secondary N) is 1. The van der Waals surface area contributed by atoms with Crippen LogP contribution in [-0.2, 0) is 0 Å². The number of hydrogen-bond donors (Lipinski definition) is 1. The number of rotatable bonds is 5. The number of ether oxygens (including phenoxy) is 1. The Bertz CT molecular complexity index is 1050. The van der Waals surface area contributed by atoms with Gasteiger partial charge in [-0.15, -0.1) is 11.3 Å². The van der Waals surface area contributed by atoms with Crippen LogP contribution in [0.2, 0.25) is 0 Å². The van der Waals surface area contributed by atoms with Gasteiger partial charge in [0.25, 0.3) is 5.91 Å². The van der Waals surface area contributed by atoms with E-state index < -0.39 is 0 Å². The maximum absolute atomic E-state index is 12.7. The summed E-state index contributed by atoms with van der Waals surface area (Å²) >= 11 is 1.37. The van der Waals surface area contributed by atoms with Gasteiger partial charge in [-0.25, -0.2) is 9.97 Å². The molecule has 4 aromatic rings. The second-order valence-electron chi connectivity index (χ2n) is 5.63. The van der Waals surface area contributed by atoms with Crippen molar-refractivity contribution in [2.75, 3.05) is 5.32 Å². The van der Waals surface area contributed by atoms with Gasteiger partial charge >= 0.3 is 0 Å². The number of thiazole rings is 1. The Morgan fingerprint density at radius 1 is 0.926 bits per heavy atom. The molecule has 1 N–H and O–H groups in total. The largest absolute Gasteiger partial charge is 0.438 e. The molecule has 0 aliphatic carbocycles. The van der Waals surface area contributed by atoms with Crippen molar-refractivity contribution in [3.05, 3.63) is 89.9 Å². The smallest absolute Gasteiger partial charge is 0.262 e. The SMILES string of the molecule is O=C(Nc1nc(-c2ccccc2)cs1)c1cccnc1Oc1ccccc1. The third-order valence-corrected chi connectivity index (χ3v) is 4.53. The van der Waals surface area contributed by atoms with Gasteiger partial charge in [0.2, 0.25) is 5.88 Å². The first-order valence-corrected chi connectivity index (χ1v) is 9.18. The predicted molar refractivity (Wildman–Crippen MR) is 106 cm³/mol. The standard InChI is InChI=1S/C21H15N3O2S/c25-19(24-21-23-18(14-27-21)15-8-3-1-4-9-15)17-12-7-13-22-20(17)26-16-10-5-2-6-11-16/h1-14H,(H,23,24,25). The molecular weight excluding hydrogens is 358 g/mol. The summed E-state index contributed by atoms with van der Waals surface area (Å²) in [6.45, 7) is 0. The van der Waals surface area contributed by atoms with Crippen LogP contribution in [0.25, 0.3) is 11.3 Å². The molecule has 0 saturated heterocycles. The Balaban J connectivity index is 1.53. The fourth-order valence-electron chi connectivity index (χ4n) is 2.48. The second kappa shape index (κ2) is 7.80. The lowest BCUT2D eigenvalue weighted by Gasteiger charge is -2.09. The number of aromatic nitrogens is 2. The topological polar surface area (TPSA) is 64.1 Å². The molecule has 0 atom stereocenters. The molecule has 2 aromatic carbocycles. The first-order chi connectivity index (χ1) is 13.3. The van der Waals surface area contributed by atoms with Gasteiger partial charge < -0.3 is 4.74 Å². The fourth-order valence-corrected chi connectivity index (χ4v) is 3.20. The van der Waals surface area contributed by atoms with E-state index in [1.54, 1.807) is 18.3 Å². The molecule has 0 spiro atoms. The van der Waals surface area contributed by atoms with E-state index in [2.05, 4.69) is 15.3 Å². The molecule has 0 aliphatic heterocycles. The molecular formula is C21H15N3O2S. The summed E-state index contributed by atoms with van der Waals surface area (Å²) in [4.78, 5) is 21.4. The monoisotopic (exact) mass is 373 g/mol. The number of nitrogens with zero attached hydrogens (tertiary/aromatic N) is 2. The Hall–Kier alpha value is -3.51. The lowest BCUT2D eigenvalue weighted by molar-refractivity contribution is 0.102. The summed E-state index contributed by atoms with van der Waals surface area (Å²) in [5, 5.41) is 5.26. The zero-order chi connectivity index (χ0) is 18.5. The van der Waals surface area contributed by atoms with Crippen molar-refractivity contribution in [1.29, 1.82) is 0 Å². The van der Waals surface area contributed by atoms with Crippen LogP contribution >= 0.6 is 11.3 Å². The molecule has 2 aromatic heterocycles. The number of hydrogen-bond acceptors (Lipinski definition) is 5. The average Bonchev–Trinajstić information content (AvgIpc) is 3.18. The van der Waals surface area contributed by atoms with Crippen LogP contribution in [0.5, 0.6) is 11.6 Å². The van der Waals surface area contributed by atoms with Crippen molar-refractivity contribution in [3.63, 3.8) is 0 Å². The lowest BCUT2D eigenvalue weighted by atomic mass is 10.2. The van der Waals surface area contributed by atoms with Gasteiger partial charge in [-0.1, -0.05) is 48.5 Å². The number of para-hydroxylation sites is 1. The number of pyridine rings is 1. The highest BCUT2D eigenvalue weighted by molar-refractivity contribution is 7.14. The summed E-state index contributed by atoms with van der Waals surface area (Å²) in [6, 6.07) is 22.4. The molecule has 1 amide bonds. The Morgan fingerprint density at radius 3 is 2.44 bits per heavy atom. The van der Waals surface area contributed by atoms with Crippen molar-refractivity contribution in [3.8, 4) is 22.9 Å². The molecule has 2 heterocycles. The maximum Gasteiger partial charge on any atom is 0.262 e. The Kier molecular flexibility index (Phi) is 4.89. The number of carbonyl (C=O) groups is 1. The van der Waals surface area contributed by atoms with Crippen molar-refractivity contribution < 1.29 is 9.53 Å². The summed E-state index contributed by atoms with van der Waals surface area (Å²) in [6.07, 6.45) is 1.59. The minimum absolute atomic E-state index is 0.251. The zero-order valence-corrected chi connectivity index (χ0v) is 15.0. The molecule has 27 heavy (non-hydrogen) atoms. The van der Waals surface area contributed by atoms with Crippen LogP contribution in [0.4, 0.5) is 5.13 Å². The van der Waals surface area contributed by atoms with E-state index in [4.69, 9.17) is 4.74 Å². The molecule has 0 fully saturated rings. The van der Waals surface area contributed by atoms with Crippen molar-refractivity contribution in [1.82, 2.24) is 9.97 Å². The number of carbonyl (C=O) groups excluding carboxylic acids is 1. The first kappa shape index (κ1) is 16.9. The molecule has 0 unspecified atom stereocenters. The van der Waals surface area contributed by atoms with Gasteiger partial charge in [-0.05, 0) is 24.3 Å². The van der Waals surface area contributed by atoms with Crippen molar-refractivity contribution in [2.45, 2.75) is 0 Å². The minimum atomic E-state index is -0.317. The highest BCUT2D eigenvalue weighted by atomic mass is 32.1. The highest BCUT2D eigenvalue weighted by Crippen LogP contribution is 2.27. The number of amides is 1. The zero-order valence-electron chi connectivity index (χ0n) is 14.2. The van der Waals surface area contributed by atoms with Crippen molar-refractivity contribution >= 4 is 22.4 Å². The van der Waals surface area contributed by atoms with E-state index in [0.717, 1.165) is 11.3 Å². The van der Waals surface area contributed by atoms with E-state index in [9.17, 15) is 4.79 Å². The van der Waals surface area contributed by atoms with Crippen LogP contribution < -0.4 is 10.1 Å². The Morgan fingerprint density at radius 2 is 1.67 bits per heavy atom. The van der Waals surface area contributed by atoms with Crippen LogP contribution in [0, 0.1) is 0 Å². The maximum atomic E-state index is 12.7. The van der Waals surface area contributed by atoms with Gasteiger partial charge in [0.05, 0.1) is 5.69 Å². The summed E-state index contributed by atoms with van der Waals surface area (Å²) in [5.74, 6) is 0.551. The first-order valence-electron chi connectivity index (χ1n) is 8.30. The van der Waals surface area contributed by atoms with E-state index >= 15 is 0 Å². The summed E-state index contributed by atoms with van der Waals surface area (Å²) in [5.41, 5.74) is 2.17. The predicted octanol–water partition coefficient (Wildman–Crippen LogP) is 5.25. The minimum Gasteiger partial charge on any atom is -0.438 e. The second-order valence-corrected chi connectivity index (χ2v) is 6.49. The van der Waals surface area contributed by atoms with Crippen molar-refractivity contribution in [2.24, 2.45) is 0 Å². The van der Waals surface area contributed by atoms with E-state index in [1.165, 1.54) is 11.3 Å². The summed E-state index contributed by atoms with van der Waals surface area (Å²) in [7, 11) is 0. The molecule has 0 bridgehead atoms. The Labute approximate surface area is 160 Å². The molecule has 132 valence electrons.